The van der Waals surface area contributed by atoms with Crippen LogP contribution in [-0.2, 0) is 0 Å². The van der Waals surface area contributed by atoms with Gasteiger partial charge in [0.15, 0.2) is 0 Å². The fourth-order valence-electron chi connectivity index (χ4n) is 1.20. The molecule has 0 aliphatic heterocycles. The molecule has 2 rings (SSSR count). The van der Waals surface area contributed by atoms with Crippen molar-refractivity contribution in [2.24, 2.45) is 0 Å². The molecule has 6 nitrogen and oxygen atoms in total. The highest BCUT2D eigenvalue weighted by Crippen LogP contribution is 2.09. The summed E-state index contributed by atoms with van der Waals surface area (Å²) in [6.07, 6.45) is -0.757. The maximum absolute atomic E-state index is 9.25. The smallest absolute Gasteiger partial charge is 0.203 e. The molecule has 0 saturated heterocycles. The van der Waals surface area contributed by atoms with Crippen LogP contribution in [0.15, 0.2) is 24.3 Å². The Morgan fingerprint density at radius 1 is 1.50 bits per heavy atom. The molecule has 80 valence electrons. The molecule has 1 heterocycles. The van der Waals surface area contributed by atoms with E-state index in [-0.39, 0.29) is 5.82 Å². The second-order valence-electron chi connectivity index (χ2n) is 3.28. The number of aliphatic hydroxyl groups excluding tert-OH is 1. The van der Waals surface area contributed by atoms with Crippen LogP contribution in [0.3, 0.4) is 0 Å². The Bertz CT molecular complexity index is 540. The maximum atomic E-state index is 9.25. The van der Waals surface area contributed by atoms with Gasteiger partial charge in [-0.25, -0.2) is 0 Å². The van der Waals surface area contributed by atoms with Gasteiger partial charge in [-0.05, 0) is 30.3 Å². The van der Waals surface area contributed by atoms with Gasteiger partial charge >= 0.3 is 0 Å². The van der Waals surface area contributed by atoms with E-state index in [1.807, 2.05) is 6.07 Å². The third-order valence-electron chi connectivity index (χ3n) is 2.01. The van der Waals surface area contributed by atoms with Crippen LogP contribution in [-0.4, -0.2) is 25.3 Å². The molecular weight excluding hydrogens is 206 g/mol. The number of nitrogens with zero attached hydrogens (tertiary/aromatic N) is 5. The summed E-state index contributed by atoms with van der Waals surface area (Å²) in [6.45, 7) is 1.56. The van der Waals surface area contributed by atoms with E-state index >= 15 is 0 Å². The highest BCUT2D eigenvalue weighted by Gasteiger charge is 2.09. The Balaban J connectivity index is 2.39. The normalized spacial score (nSPS) is 12.1. The molecule has 2 aromatic rings. The van der Waals surface area contributed by atoms with Gasteiger partial charge in [-0.3, -0.25) is 0 Å². The van der Waals surface area contributed by atoms with E-state index in [9.17, 15) is 5.11 Å². The fourth-order valence-corrected chi connectivity index (χ4v) is 1.20. The molecule has 0 saturated carbocycles. The topological polar surface area (TPSA) is 87.6 Å². The van der Waals surface area contributed by atoms with Crippen molar-refractivity contribution >= 4 is 0 Å². The fraction of sp³-hybridized carbons (Fsp3) is 0.200. The molecule has 1 unspecified atom stereocenters. The van der Waals surface area contributed by atoms with Crippen molar-refractivity contribution in [2.45, 2.75) is 13.0 Å². The van der Waals surface area contributed by atoms with Gasteiger partial charge in [-0.1, -0.05) is 6.07 Å². The quantitative estimate of drug-likeness (QED) is 0.791. The summed E-state index contributed by atoms with van der Waals surface area (Å²) >= 11 is 0. The first-order valence-electron chi connectivity index (χ1n) is 4.69. The lowest BCUT2D eigenvalue weighted by molar-refractivity contribution is 0.188. The summed E-state index contributed by atoms with van der Waals surface area (Å²) in [6, 6.07) is 8.86. The monoisotopic (exact) mass is 215 g/mol. The first kappa shape index (κ1) is 10.3. The van der Waals surface area contributed by atoms with Crippen LogP contribution < -0.4 is 0 Å². The van der Waals surface area contributed by atoms with Crippen molar-refractivity contribution in [3.05, 3.63) is 35.7 Å². The lowest BCUT2D eigenvalue weighted by Gasteiger charge is -1.98. The van der Waals surface area contributed by atoms with E-state index in [4.69, 9.17) is 5.26 Å². The predicted octanol–water partition coefficient (Wildman–Crippen LogP) is 0.587. The summed E-state index contributed by atoms with van der Waals surface area (Å²) in [5, 5.41) is 29.5. The van der Waals surface area contributed by atoms with Crippen molar-refractivity contribution < 1.29 is 5.11 Å². The molecule has 0 fully saturated rings. The van der Waals surface area contributed by atoms with Crippen LogP contribution in [0.4, 0.5) is 0 Å². The van der Waals surface area contributed by atoms with E-state index in [1.54, 1.807) is 31.2 Å². The number of hydrogen-bond acceptors (Lipinski definition) is 5. The van der Waals surface area contributed by atoms with Crippen molar-refractivity contribution in [1.82, 2.24) is 20.2 Å². The van der Waals surface area contributed by atoms with Gasteiger partial charge in [0, 0.05) is 0 Å². The zero-order valence-corrected chi connectivity index (χ0v) is 8.57. The summed E-state index contributed by atoms with van der Waals surface area (Å²) in [7, 11) is 0. The van der Waals surface area contributed by atoms with Crippen LogP contribution in [0, 0.1) is 11.3 Å². The third kappa shape index (κ3) is 1.89. The lowest BCUT2D eigenvalue weighted by Crippen LogP contribution is -2.00. The van der Waals surface area contributed by atoms with E-state index in [1.165, 1.54) is 4.80 Å². The maximum Gasteiger partial charge on any atom is 0.203 e. The van der Waals surface area contributed by atoms with E-state index in [2.05, 4.69) is 15.4 Å². The van der Waals surface area contributed by atoms with Gasteiger partial charge in [-0.2, -0.15) is 5.26 Å². The van der Waals surface area contributed by atoms with Crippen LogP contribution in [0.25, 0.3) is 5.69 Å². The summed E-state index contributed by atoms with van der Waals surface area (Å²) in [5.74, 6) is 0.252. The molecular formula is C10H9N5O. The summed E-state index contributed by atoms with van der Waals surface area (Å²) in [4.78, 5) is 1.28. The van der Waals surface area contributed by atoms with Gasteiger partial charge in [0.25, 0.3) is 0 Å². The van der Waals surface area contributed by atoms with Crippen molar-refractivity contribution in [1.29, 1.82) is 5.26 Å². The first-order chi connectivity index (χ1) is 7.70. The van der Waals surface area contributed by atoms with Gasteiger partial charge in [0.2, 0.25) is 5.82 Å². The molecule has 0 aliphatic rings. The Hall–Kier alpha value is -2.26. The Labute approximate surface area is 91.8 Å². The molecule has 0 spiro atoms. The van der Waals surface area contributed by atoms with Crippen molar-refractivity contribution in [2.75, 3.05) is 0 Å². The van der Waals surface area contributed by atoms with E-state index < -0.39 is 6.10 Å². The Morgan fingerprint density at radius 3 is 2.94 bits per heavy atom. The molecule has 16 heavy (non-hydrogen) atoms. The average molecular weight is 215 g/mol. The highest BCUT2D eigenvalue weighted by molar-refractivity contribution is 5.39. The molecule has 0 radical (unpaired) electrons. The molecule has 1 N–H and O–H groups in total. The van der Waals surface area contributed by atoms with Crippen molar-refractivity contribution in [3.63, 3.8) is 0 Å². The number of aliphatic hydroxyl groups is 1. The minimum atomic E-state index is -0.757. The number of aromatic nitrogens is 4. The summed E-state index contributed by atoms with van der Waals surface area (Å²) < 4.78 is 0. The van der Waals surface area contributed by atoms with Crippen LogP contribution in [0.2, 0.25) is 0 Å². The molecule has 0 aliphatic carbocycles. The Kier molecular flexibility index (Phi) is 2.62. The molecule has 0 amide bonds. The van der Waals surface area contributed by atoms with Gasteiger partial charge in [0.1, 0.15) is 6.10 Å². The van der Waals surface area contributed by atoms with Crippen LogP contribution in [0.5, 0.6) is 0 Å². The van der Waals surface area contributed by atoms with Gasteiger partial charge in [-0.15, -0.1) is 15.0 Å². The van der Waals surface area contributed by atoms with Gasteiger partial charge in [0.05, 0.1) is 17.3 Å². The number of benzene rings is 1. The predicted molar refractivity (Wildman–Crippen MR) is 54.5 cm³/mol. The lowest BCUT2D eigenvalue weighted by atomic mass is 10.2. The zero-order chi connectivity index (χ0) is 11.5. The number of nitriles is 1. The molecule has 1 aromatic heterocycles. The second-order valence-corrected chi connectivity index (χ2v) is 3.28. The van der Waals surface area contributed by atoms with Crippen LogP contribution in [0.1, 0.15) is 24.4 Å². The SMILES string of the molecule is CC(O)c1nnn(-c2cccc(C#N)c2)n1. The third-order valence-corrected chi connectivity index (χ3v) is 2.01. The zero-order valence-electron chi connectivity index (χ0n) is 8.57. The highest BCUT2D eigenvalue weighted by atomic mass is 16.3. The van der Waals surface area contributed by atoms with Gasteiger partial charge < -0.3 is 5.11 Å². The second kappa shape index (κ2) is 4.08. The number of tetrazole rings is 1. The Morgan fingerprint density at radius 2 is 2.31 bits per heavy atom. The molecule has 0 bridgehead atoms. The first-order valence-corrected chi connectivity index (χ1v) is 4.69. The number of hydrogen-bond donors (Lipinski definition) is 1. The number of rotatable bonds is 2. The summed E-state index contributed by atoms with van der Waals surface area (Å²) in [5.41, 5.74) is 1.16. The largest absolute Gasteiger partial charge is 0.385 e. The molecule has 1 aromatic carbocycles. The van der Waals surface area contributed by atoms with E-state index in [0.29, 0.717) is 11.3 Å². The standard InChI is InChI=1S/C10H9N5O/c1-7(16)10-12-14-15(13-10)9-4-2-3-8(5-9)6-11/h2-5,7,16H,1H3. The minimum Gasteiger partial charge on any atom is -0.385 e. The van der Waals surface area contributed by atoms with E-state index in [0.717, 1.165) is 0 Å². The van der Waals surface area contributed by atoms with Crippen molar-refractivity contribution in [3.8, 4) is 11.8 Å². The molecule has 6 heteroatoms. The average Bonchev–Trinajstić information content (AvgIpc) is 2.78. The minimum absolute atomic E-state index is 0.252. The van der Waals surface area contributed by atoms with Crippen LogP contribution >= 0.6 is 0 Å². The molecule has 1 atom stereocenters.